The number of carbonyl (C=O) groups is 1. The van der Waals surface area contributed by atoms with Gasteiger partial charge >= 0.3 is 6.03 Å². The molecule has 3 heteroatoms. The van der Waals surface area contributed by atoms with Crippen LogP contribution in [0.3, 0.4) is 0 Å². The molecule has 0 spiro atoms. The molecule has 2 fully saturated rings. The molecule has 0 heterocycles. The molecule has 0 aromatic carbocycles. The van der Waals surface area contributed by atoms with Gasteiger partial charge in [-0.05, 0) is 55.8 Å². The quantitative estimate of drug-likeness (QED) is 0.796. The van der Waals surface area contributed by atoms with Crippen LogP contribution in [0.5, 0.6) is 0 Å². The van der Waals surface area contributed by atoms with Crippen LogP contribution in [-0.2, 0) is 0 Å². The Kier molecular flexibility index (Phi) is 6.38. The lowest BCUT2D eigenvalue weighted by Gasteiger charge is -2.33. The van der Waals surface area contributed by atoms with Crippen molar-refractivity contribution in [1.82, 2.24) is 10.6 Å². The zero-order valence-corrected chi connectivity index (χ0v) is 14.2. The molecular formula is C18H34N2O. The van der Waals surface area contributed by atoms with Crippen LogP contribution in [0.2, 0.25) is 0 Å². The van der Waals surface area contributed by atoms with Crippen molar-refractivity contribution in [3.63, 3.8) is 0 Å². The lowest BCUT2D eigenvalue weighted by molar-refractivity contribution is 0.198. The Morgan fingerprint density at radius 3 is 2.38 bits per heavy atom. The molecule has 0 saturated heterocycles. The van der Waals surface area contributed by atoms with Gasteiger partial charge in [0.2, 0.25) is 0 Å². The summed E-state index contributed by atoms with van der Waals surface area (Å²) in [5, 5.41) is 6.37. The standard InChI is InChI=1S/C18H34N2O/c1-4-16-7-5-6-8-17(16)20-18(21)19-12-15-10-13(2)9-14(3)11-15/h13-17H,4-12H2,1-3H3,(H2,19,20,21). The Labute approximate surface area is 130 Å². The maximum atomic E-state index is 12.2. The van der Waals surface area contributed by atoms with Crippen LogP contribution in [0.15, 0.2) is 0 Å². The van der Waals surface area contributed by atoms with Crippen LogP contribution < -0.4 is 10.6 Å². The molecule has 2 rings (SSSR count). The number of carbonyl (C=O) groups excluding carboxylic acids is 1. The van der Waals surface area contributed by atoms with E-state index >= 15 is 0 Å². The molecule has 4 unspecified atom stereocenters. The summed E-state index contributed by atoms with van der Waals surface area (Å²) < 4.78 is 0. The van der Waals surface area contributed by atoms with Gasteiger partial charge in [0.1, 0.15) is 0 Å². The van der Waals surface area contributed by atoms with Crippen LogP contribution in [0.25, 0.3) is 0 Å². The van der Waals surface area contributed by atoms with Gasteiger partial charge in [-0.25, -0.2) is 4.79 Å². The number of urea groups is 1. The average Bonchev–Trinajstić information content (AvgIpc) is 2.45. The van der Waals surface area contributed by atoms with Gasteiger partial charge in [0.15, 0.2) is 0 Å². The summed E-state index contributed by atoms with van der Waals surface area (Å²) in [5.74, 6) is 2.97. The summed E-state index contributed by atoms with van der Waals surface area (Å²) in [6, 6.07) is 0.458. The minimum Gasteiger partial charge on any atom is -0.338 e. The summed E-state index contributed by atoms with van der Waals surface area (Å²) in [6.45, 7) is 7.78. The second kappa shape index (κ2) is 8.05. The molecule has 3 nitrogen and oxygen atoms in total. The summed E-state index contributed by atoms with van der Waals surface area (Å²) in [5.41, 5.74) is 0. The minimum absolute atomic E-state index is 0.0613. The topological polar surface area (TPSA) is 41.1 Å². The van der Waals surface area contributed by atoms with E-state index < -0.39 is 0 Å². The van der Waals surface area contributed by atoms with Crippen LogP contribution in [0.4, 0.5) is 4.79 Å². The van der Waals surface area contributed by atoms with Gasteiger partial charge in [0.05, 0.1) is 0 Å². The highest BCUT2D eigenvalue weighted by Gasteiger charge is 2.26. The Balaban J connectivity index is 1.71. The lowest BCUT2D eigenvalue weighted by Crippen LogP contribution is -2.48. The van der Waals surface area contributed by atoms with Crippen LogP contribution in [0, 0.1) is 23.7 Å². The number of nitrogens with one attached hydrogen (secondary N) is 2. The summed E-state index contributed by atoms with van der Waals surface area (Å²) in [7, 11) is 0. The molecule has 2 N–H and O–H groups in total. The molecule has 4 atom stereocenters. The monoisotopic (exact) mass is 294 g/mol. The SMILES string of the molecule is CCC1CCCCC1NC(=O)NCC1CC(C)CC(C)C1. The molecule has 2 saturated carbocycles. The van der Waals surface area contributed by atoms with Crippen LogP contribution in [0.1, 0.15) is 72.1 Å². The molecule has 0 radical (unpaired) electrons. The molecule has 0 aromatic rings. The number of hydrogen-bond acceptors (Lipinski definition) is 1. The predicted molar refractivity (Wildman–Crippen MR) is 88.2 cm³/mol. The summed E-state index contributed by atoms with van der Waals surface area (Å²) >= 11 is 0. The Hall–Kier alpha value is -0.730. The maximum absolute atomic E-state index is 12.2. The van der Waals surface area contributed by atoms with Crippen molar-refractivity contribution in [1.29, 1.82) is 0 Å². The second-order valence-corrected chi connectivity index (χ2v) is 7.70. The van der Waals surface area contributed by atoms with Crippen molar-refractivity contribution >= 4 is 6.03 Å². The Morgan fingerprint density at radius 2 is 1.71 bits per heavy atom. The first-order chi connectivity index (χ1) is 10.1. The van der Waals surface area contributed by atoms with Crippen molar-refractivity contribution in [2.45, 2.75) is 78.2 Å². The van der Waals surface area contributed by atoms with E-state index in [1.807, 2.05) is 0 Å². The number of hydrogen-bond donors (Lipinski definition) is 2. The van der Waals surface area contributed by atoms with Gasteiger partial charge in [-0.15, -0.1) is 0 Å². The van der Waals surface area contributed by atoms with E-state index in [1.54, 1.807) is 0 Å². The minimum atomic E-state index is 0.0613. The average molecular weight is 294 g/mol. The second-order valence-electron chi connectivity index (χ2n) is 7.70. The van der Waals surface area contributed by atoms with Gasteiger partial charge in [-0.2, -0.15) is 0 Å². The van der Waals surface area contributed by atoms with Gasteiger partial charge in [-0.1, -0.05) is 40.0 Å². The zero-order valence-electron chi connectivity index (χ0n) is 14.2. The van der Waals surface area contributed by atoms with E-state index in [0.29, 0.717) is 17.9 Å². The third kappa shape index (κ3) is 5.19. The molecule has 2 aliphatic rings. The molecule has 21 heavy (non-hydrogen) atoms. The lowest BCUT2D eigenvalue weighted by atomic mass is 9.77. The zero-order chi connectivity index (χ0) is 15.2. The maximum Gasteiger partial charge on any atom is 0.315 e. The predicted octanol–water partition coefficient (Wildman–Crippen LogP) is 4.33. The third-order valence-electron chi connectivity index (χ3n) is 5.58. The van der Waals surface area contributed by atoms with Crippen molar-refractivity contribution in [3.05, 3.63) is 0 Å². The highest BCUT2D eigenvalue weighted by Crippen LogP contribution is 2.32. The molecule has 2 aliphatic carbocycles. The summed E-state index contributed by atoms with van der Waals surface area (Å²) in [4.78, 5) is 12.2. The van der Waals surface area contributed by atoms with E-state index in [1.165, 1.54) is 44.9 Å². The molecule has 2 amide bonds. The number of amides is 2. The van der Waals surface area contributed by atoms with E-state index in [0.717, 1.165) is 24.8 Å². The van der Waals surface area contributed by atoms with E-state index in [2.05, 4.69) is 31.4 Å². The van der Waals surface area contributed by atoms with E-state index in [9.17, 15) is 4.79 Å². The Morgan fingerprint density at radius 1 is 1.05 bits per heavy atom. The molecule has 0 bridgehead atoms. The van der Waals surface area contributed by atoms with Crippen LogP contribution >= 0.6 is 0 Å². The highest BCUT2D eigenvalue weighted by molar-refractivity contribution is 5.74. The fourth-order valence-electron chi connectivity index (χ4n) is 4.62. The highest BCUT2D eigenvalue weighted by atomic mass is 16.2. The fourth-order valence-corrected chi connectivity index (χ4v) is 4.62. The van der Waals surface area contributed by atoms with Crippen molar-refractivity contribution < 1.29 is 4.79 Å². The van der Waals surface area contributed by atoms with Gasteiger partial charge in [-0.3, -0.25) is 0 Å². The van der Waals surface area contributed by atoms with Crippen molar-refractivity contribution in [2.24, 2.45) is 23.7 Å². The summed E-state index contributed by atoms with van der Waals surface area (Å²) in [6.07, 6.45) is 10.1. The first-order valence-electron chi connectivity index (χ1n) is 9.12. The molecule has 122 valence electrons. The third-order valence-corrected chi connectivity index (χ3v) is 5.58. The van der Waals surface area contributed by atoms with Crippen LogP contribution in [-0.4, -0.2) is 18.6 Å². The Bertz CT molecular complexity index is 321. The van der Waals surface area contributed by atoms with Crippen molar-refractivity contribution in [2.75, 3.05) is 6.54 Å². The smallest absolute Gasteiger partial charge is 0.315 e. The first-order valence-corrected chi connectivity index (χ1v) is 9.12. The number of rotatable bonds is 4. The normalized spacial score (nSPS) is 37.0. The van der Waals surface area contributed by atoms with E-state index in [4.69, 9.17) is 0 Å². The molecule has 0 aliphatic heterocycles. The first kappa shape index (κ1) is 16.6. The van der Waals surface area contributed by atoms with Crippen molar-refractivity contribution in [3.8, 4) is 0 Å². The van der Waals surface area contributed by atoms with E-state index in [-0.39, 0.29) is 6.03 Å². The van der Waals surface area contributed by atoms with Gasteiger partial charge in [0, 0.05) is 12.6 Å². The fraction of sp³-hybridized carbons (Fsp3) is 0.944. The largest absolute Gasteiger partial charge is 0.338 e. The molecule has 0 aromatic heterocycles. The molecular weight excluding hydrogens is 260 g/mol. The van der Waals surface area contributed by atoms with Gasteiger partial charge in [0.25, 0.3) is 0 Å². The van der Waals surface area contributed by atoms with Gasteiger partial charge < -0.3 is 10.6 Å².